The molecule has 0 aromatic rings. The summed E-state index contributed by atoms with van der Waals surface area (Å²) in [6.45, 7) is 4.80. The van der Waals surface area contributed by atoms with Crippen LogP contribution in [0.2, 0.25) is 0 Å². The van der Waals surface area contributed by atoms with Gasteiger partial charge in [-0.25, -0.2) is 4.79 Å². The van der Waals surface area contributed by atoms with Crippen molar-refractivity contribution in [2.24, 2.45) is 0 Å². The van der Waals surface area contributed by atoms with Gasteiger partial charge in [-0.3, -0.25) is 14.5 Å². The number of carbonyl (C=O) groups excluding carboxylic acids is 2. The van der Waals surface area contributed by atoms with Crippen LogP contribution in [0.3, 0.4) is 0 Å². The van der Waals surface area contributed by atoms with Gasteiger partial charge in [-0.15, -0.1) is 0 Å². The molecular weight excluding hydrogens is 248 g/mol. The van der Waals surface area contributed by atoms with Crippen molar-refractivity contribution in [2.45, 2.75) is 52.0 Å². The topological polar surface area (TPSA) is 86.7 Å². The lowest BCUT2D eigenvalue weighted by molar-refractivity contribution is -0.154. The molecule has 2 amide bonds. The van der Waals surface area contributed by atoms with Crippen LogP contribution in [0.25, 0.3) is 0 Å². The lowest BCUT2D eigenvalue weighted by atomic mass is 10.1. The lowest BCUT2D eigenvalue weighted by Gasteiger charge is -2.22. The first-order chi connectivity index (χ1) is 9.07. The van der Waals surface area contributed by atoms with Gasteiger partial charge in [0.05, 0.1) is 0 Å². The molecule has 0 aromatic heterocycles. The first kappa shape index (κ1) is 17.6. The minimum Gasteiger partial charge on any atom is -0.480 e. The molecule has 1 heterocycles. The summed E-state index contributed by atoms with van der Waals surface area (Å²) in [6, 6.07) is -0.991. The number of imide groups is 1. The molecule has 0 radical (unpaired) electrons. The number of rotatable bonds is 7. The number of carbonyl (C=O) groups is 3. The smallest absolute Gasteiger partial charge is 0.326 e. The number of hydrogen-bond donors (Lipinski definition) is 2. The highest BCUT2D eigenvalue weighted by Gasteiger charge is 2.38. The Labute approximate surface area is 114 Å². The molecule has 1 atom stereocenters. The summed E-state index contributed by atoms with van der Waals surface area (Å²) in [7, 11) is 1.82. The third-order valence-corrected chi connectivity index (χ3v) is 2.84. The number of aliphatic carboxylic acids is 1. The Bertz CT molecular complexity index is 302. The second-order valence-corrected chi connectivity index (χ2v) is 4.11. The Morgan fingerprint density at radius 3 is 2.21 bits per heavy atom. The Morgan fingerprint density at radius 2 is 1.79 bits per heavy atom. The fourth-order valence-corrected chi connectivity index (χ4v) is 1.94. The van der Waals surface area contributed by atoms with Crippen molar-refractivity contribution >= 4 is 17.8 Å². The number of hydrogen-bond acceptors (Lipinski definition) is 4. The monoisotopic (exact) mass is 272 g/mol. The van der Waals surface area contributed by atoms with Crippen LogP contribution in [0.15, 0.2) is 0 Å². The summed E-state index contributed by atoms with van der Waals surface area (Å²) >= 11 is 0. The summed E-state index contributed by atoms with van der Waals surface area (Å²) in [6.07, 6.45) is 2.11. The number of nitrogens with one attached hydrogen (secondary N) is 1. The number of nitrogens with zero attached hydrogens (tertiary/aromatic N) is 1. The molecule has 6 nitrogen and oxygen atoms in total. The molecular formula is C13H24N2O4. The van der Waals surface area contributed by atoms with Crippen LogP contribution in [-0.2, 0) is 14.4 Å². The van der Waals surface area contributed by atoms with Gasteiger partial charge in [-0.05, 0) is 32.9 Å². The Balaban J connectivity index is 0.00000154. The lowest BCUT2D eigenvalue weighted by Crippen LogP contribution is -2.44. The zero-order valence-electron chi connectivity index (χ0n) is 11.9. The predicted octanol–water partition coefficient (Wildman–Crippen LogP) is 1.00. The highest BCUT2D eigenvalue weighted by molar-refractivity contribution is 6.04. The van der Waals surface area contributed by atoms with E-state index in [0.717, 1.165) is 17.9 Å². The first-order valence-electron chi connectivity index (χ1n) is 6.80. The maximum absolute atomic E-state index is 11.4. The molecule has 110 valence electrons. The summed E-state index contributed by atoms with van der Waals surface area (Å²) < 4.78 is 0. The van der Waals surface area contributed by atoms with E-state index in [-0.39, 0.29) is 24.7 Å². The van der Waals surface area contributed by atoms with Crippen molar-refractivity contribution in [3.63, 3.8) is 0 Å². The van der Waals surface area contributed by atoms with Crippen molar-refractivity contribution in [2.75, 3.05) is 13.6 Å². The quantitative estimate of drug-likeness (QED) is 0.533. The average molecular weight is 272 g/mol. The predicted molar refractivity (Wildman–Crippen MR) is 71.6 cm³/mol. The number of amides is 2. The molecule has 1 aliphatic heterocycles. The van der Waals surface area contributed by atoms with E-state index < -0.39 is 12.0 Å². The minimum atomic E-state index is -1.10. The summed E-state index contributed by atoms with van der Waals surface area (Å²) in [5, 5.41) is 12.0. The molecule has 1 fully saturated rings. The number of unbranched alkanes of at least 4 members (excludes halogenated alkanes) is 1. The van der Waals surface area contributed by atoms with E-state index in [9.17, 15) is 14.4 Å². The molecule has 6 heteroatoms. The standard InChI is InChI=1S/C11H18N2O4.C2H6/c1-12-7-3-2-4-8(11(16)17)13-9(14)5-6-10(13)15;1-2/h8,12H,2-7H2,1H3,(H,16,17);1-2H3. The summed E-state index contributed by atoms with van der Waals surface area (Å²) in [5.74, 6) is -1.83. The van der Waals surface area contributed by atoms with Crippen LogP contribution in [0.4, 0.5) is 0 Å². The van der Waals surface area contributed by atoms with Crippen molar-refractivity contribution < 1.29 is 19.5 Å². The Morgan fingerprint density at radius 1 is 1.26 bits per heavy atom. The van der Waals surface area contributed by atoms with Gasteiger partial charge in [0, 0.05) is 12.8 Å². The van der Waals surface area contributed by atoms with Crippen molar-refractivity contribution in [3.8, 4) is 0 Å². The zero-order chi connectivity index (χ0) is 14.8. The van der Waals surface area contributed by atoms with Crippen molar-refractivity contribution in [1.82, 2.24) is 10.2 Å². The van der Waals surface area contributed by atoms with Crippen molar-refractivity contribution in [1.29, 1.82) is 0 Å². The fourth-order valence-electron chi connectivity index (χ4n) is 1.94. The average Bonchev–Trinajstić information content (AvgIpc) is 2.72. The zero-order valence-corrected chi connectivity index (χ0v) is 11.9. The molecule has 0 saturated carbocycles. The molecule has 19 heavy (non-hydrogen) atoms. The van der Waals surface area contributed by atoms with Gasteiger partial charge >= 0.3 is 5.97 Å². The van der Waals surface area contributed by atoms with Gasteiger partial charge in [0.15, 0.2) is 0 Å². The van der Waals surface area contributed by atoms with Crippen LogP contribution >= 0.6 is 0 Å². The number of carboxylic acids is 1. The van der Waals surface area contributed by atoms with Crippen molar-refractivity contribution in [3.05, 3.63) is 0 Å². The number of carboxylic acid groups (broad SMARTS) is 1. The third kappa shape index (κ3) is 5.38. The highest BCUT2D eigenvalue weighted by Crippen LogP contribution is 2.19. The van der Waals surface area contributed by atoms with Gasteiger partial charge in [-0.2, -0.15) is 0 Å². The van der Waals surface area contributed by atoms with E-state index in [4.69, 9.17) is 5.11 Å². The molecule has 0 spiro atoms. The fraction of sp³-hybridized carbons (Fsp3) is 0.769. The maximum Gasteiger partial charge on any atom is 0.326 e. The Hall–Kier alpha value is -1.43. The van der Waals surface area contributed by atoms with E-state index in [2.05, 4.69) is 5.32 Å². The van der Waals surface area contributed by atoms with Gasteiger partial charge in [-0.1, -0.05) is 13.8 Å². The second kappa shape index (κ2) is 9.49. The largest absolute Gasteiger partial charge is 0.480 e. The van der Waals surface area contributed by atoms with Crippen LogP contribution in [0, 0.1) is 0 Å². The summed E-state index contributed by atoms with van der Waals surface area (Å²) in [5.41, 5.74) is 0. The molecule has 1 rings (SSSR count). The molecule has 0 aromatic carbocycles. The van der Waals surface area contributed by atoms with E-state index >= 15 is 0 Å². The van der Waals surface area contributed by atoms with Crippen LogP contribution < -0.4 is 5.32 Å². The Kier molecular flexibility index (Phi) is 8.78. The van der Waals surface area contributed by atoms with Gasteiger partial charge in [0.1, 0.15) is 6.04 Å². The van der Waals surface area contributed by atoms with Crippen LogP contribution in [0.5, 0.6) is 0 Å². The van der Waals surface area contributed by atoms with E-state index in [1.165, 1.54) is 0 Å². The normalized spacial score (nSPS) is 16.1. The summed E-state index contributed by atoms with van der Waals surface area (Å²) in [4.78, 5) is 34.9. The highest BCUT2D eigenvalue weighted by atomic mass is 16.4. The molecule has 1 saturated heterocycles. The van der Waals surface area contributed by atoms with Gasteiger partial charge in [0.25, 0.3) is 0 Å². The molecule has 1 aliphatic rings. The van der Waals surface area contributed by atoms with E-state index in [0.29, 0.717) is 12.8 Å². The van der Waals surface area contributed by atoms with Gasteiger partial charge in [0.2, 0.25) is 11.8 Å². The molecule has 0 aliphatic carbocycles. The third-order valence-electron chi connectivity index (χ3n) is 2.84. The SMILES string of the molecule is CC.CNCCCCC(C(=O)O)N1C(=O)CCC1=O. The number of likely N-dealkylation sites (tertiary alicyclic amines) is 1. The first-order valence-corrected chi connectivity index (χ1v) is 6.80. The van der Waals surface area contributed by atoms with E-state index in [1.807, 2.05) is 20.9 Å². The van der Waals surface area contributed by atoms with Crippen LogP contribution in [-0.4, -0.2) is 47.4 Å². The van der Waals surface area contributed by atoms with Crippen LogP contribution in [0.1, 0.15) is 46.0 Å². The second-order valence-electron chi connectivity index (χ2n) is 4.11. The van der Waals surface area contributed by atoms with Gasteiger partial charge < -0.3 is 10.4 Å². The molecule has 0 bridgehead atoms. The minimum absolute atomic E-state index is 0.138. The maximum atomic E-state index is 11.4. The molecule has 1 unspecified atom stereocenters. The van der Waals surface area contributed by atoms with E-state index in [1.54, 1.807) is 0 Å². The molecule has 2 N–H and O–H groups in total.